The van der Waals surface area contributed by atoms with Gasteiger partial charge >= 0.3 is 57.4 Å². The van der Waals surface area contributed by atoms with E-state index in [1.165, 1.54) is 0 Å². The number of carboxylic acid groups (broad SMARTS) is 1. The van der Waals surface area contributed by atoms with E-state index < -0.39 is 12.0 Å². The molecule has 3 nitrogen and oxygen atoms in total. The van der Waals surface area contributed by atoms with Crippen LogP contribution in [0.25, 0.3) is 0 Å². The Morgan fingerprint density at radius 2 is 2.10 bits per heavy atom. The summed E-state index contributed by atoms with van der Waals surface area (Å²) in [7, 11) is 0. The Bertz CT molecular complexity index is 108. The number of aliphatic carboxylic acids is 1. The van der Waals surface area contributed by atoms with Crippen LogP contribution in [0.1, 0.15) is 20.3 Å². The van der Waals surface area contributed by atoms with Crippen LogP contribution in [0.4, 0.5) is 0 Å². The fourth-order valence-electron chi connectivity index (χ4n) is 0.497. The van der Waals surface area contributed by atoms with Crippen molar-refractivity contribution in [1.29, 1.82) is 0 Å². The van der Waals surface area contributed by atoms with Gasteiger partial charge in [0.1, 0.15) is 6.04 Å². The zero-order valence-electron chi connectivity index (χ0n) is 5.79. The van der Waals surface area contributed by atoms with Crippen LogP contribution < -0.4 is 5.73 Å². The van der Waals surface area contributed by atoms with Gasteiger partial charge in [0.2, 0.25) is 0 Å². The van der Waals surface area contributed by atoms with Crippen LogP contribution in [0.2, 0.25) is 0 Å². The van der Waals surface area contributed by atoms with Crippen molar-refractivity contribution in [3.63, 3.8) is 0 Å². The van der Waals surface area contributed by atoms with Crippen molar-refractivity contribution in [2.75, 3.05) is 0 Å². The number of rotatable bonds is 3. The number of carbonyl (C=O) groups is 1. The molecule has 0 amide bonds. The van der Waals surface area contributed by atoms with Crippen molar-refractivity contribution in [3.05, 3.63) is 0 Å². The molecule has 56 valence electrons. The number of carboxylic acids is 1. The van der Waals surface area contributed by atoms with E-state index in [0.29, 0.717) is 0 Å². The molecule has 3 N–H and O–H groups in total. The van der Waals surface area contributed by atoms with Gasteiger partial charge in [0.25, 0.3) is 0 Å². The summed E-state index contributed by atoms with van der Waals surface area (Å²) < 4.78 is 0. The predicted octanol–water partition coefficient (Wildman–Crippen LogP) is -0.204. The minimum absolute atomic E-state index is 0. The molecule has 0 aliphatic carbocycles. The summed E-state index contributed by atoms with van der Waals surface area (Å²) >= 11 is 0. The van der Waals surface area contributed by atoms with E-state index in [1.807, 2.05) is 13.8 Å². The topological polar surface area (TPSA) is 63.3 Å². The molecule has 0 saturated heterocycles. The van der Waals surface area contributed by atoms with Crippen LogP contribution in [0.3, 0.4) is 0 Å². The number of hydrogen-bond acceptors (Lipinski definition) is 2. The van der Waals surface area contributed by atoms with Crippen LogP contribution in [-0.4, -0.2) is 68.5 Å². The van der Waals surface area contributed by atoms with E-state index in [-0.39, 0.29) is 57.3 Å². The molecular weight excluding hydrogens is 157 g/mol. The fraction of sp³-hybridized carbons (Fsp3) is 0.833. The molecule has 0 unspecified atom stereocenters. The van der Waals surface area contributed by atoms with Gasteiger partial charge in [-0.3, -0.25) is 4.79 Å². The number of hydrogen-bond donors (Lipinski definition) is 2. The Morgan fingerprint density at radius 1 is 1.70 bits per heavy atom. The molecule has 10 heavy (non-hydrogen) atoms. The summed E-state index contributed by atoms with van der Waals surface area (Å²) in [6.07, 6.45) is 0.813. The monoisotopic (exact) mass is 171 g/mol. The second kappa shape index (κ2) is 6.76. The van der Waals surface area contributed by atoms with Crippen LogP contribution in [0, 0.1) is 5.92 Å². The number of nitrogens with two attached hydrogens (primary N) is 1. The molecule has 0 aromatic rings. The fourth-order valence-corrected chi connectivity index (χ4v) is 0.497. The molecule has 2 atom stereocenters. The third-order valence-corrected chi connectivity index (χ3v) is 1.54. The molecule has 0 aliphatic rings. The van der Waals surface area contributed by atoms with Gasteiger partial charge in [-0.15, -0.1) is 0 Å². The first-order valence-electron chi connectivity index (χ1n) is 3.08. The van der Waals surface area contributed by atoms with E-state index in [4.69, 9.17) is 10.8 Å². The third-order valence-electron chi connectivity index (χ3n) is 1.54. The van der Waals surface area contributed by atoms with Crippen LogP contribution in [-0.2, 0) is 4.79 Å². The summed E-state index contributed by atoms with van der Waals surface area (Å²) in [5, 5.41) is 8.36. The van der Waals surface area contributed by atoms with Gasteiger partial charge < -0.3 is 10.8 Å². The van der Waals surface area contributed by atoms with Crippen LogP contribution in [0.15, 0.2) is 0 Å². The molecule has 0 aromatic heterocycles. The molecule has 0 fully saturated rings. The van der Waals surface area contributed by atoms with Gasteiger partial charge in [-0.2, -0.15) is 0 Å². The first-order chi connectivity index (χ1) is 4.09. The zero-order valence-corrected chi connectivity index (χ0v) is 5.79. The Labute approximate surface area is 104 Å². The second-order valence-electron chi connectivity index (χ2n) is 2.25. The van der Waals surface area contributed by atoms with Crippen molar-refractivity contribution in [2.45, 2.75) is 26.3 Å². The molecule has 0 spiro atoms. The van der Waals surface area contributed by atoms with E-state index in [1.54, 1.807) is 0 Å². The average molecular weight is 171 g/mol. The van der Waals surface area contributed by atoms with E-state index in [9.17, 15) is 4.79 Å². The molecule has 0 aliphatic heterocycles. The summed E-state index contributed by atoms with van der Waals surface area (Å²) in [5.74, 6) is -0.841. The van der Waals surface area contributed by atoms with Gasteiger partial charge in [-0.05, 0) is 5.92 Å². The van der Waals surface area contributed by atoms with Crippen molar-refractivity contribution in [3.8, 4) is 0 Å². The minimum atomic E-state index is -0.913. The first kappa shape index (κ1) is 13.6. The van der Waals surface area contributed by atoms with Gasteiger partial charge in [0, 0.05) is 0 Å². The molecule has 4 heteroatoms. The van der Waals surface area contributed by atoms with Crippen LogP contribution >= 0.6 is 0 Å². The predicted molar refractivity (Wildman–Crippen MR) is 42.2 cm³/mol. The quantitative estimate of drug-likeness (QED) is 0.578. The maximum absolute atomic E-state index is 10.2. The molecule has 0 bridgehead atoms. The van der Waals surface area contributed by atoms with Gasteiger partial charge in [0.15, 0.2) is 0 Å². The van der Waals surface area contributed by atoms with E-state index in [2.05, 4.69) is 0 Å². The Hall–Kier alpha value is 1.07. The van der Waals surface area contributed by atoms with Crippen molar-refractivity contribution >= 4 is 57.4 Å². The Kier molecular flexibility index (Phi) is 9.22. The summed E-state index contributed by atoms with van der Waals surface area (Å²) in [6, 6.07) is -0.699. The van der Waals surface area contributed by atoms with Crippen molar-refractivity contribution in [2.24, 2.45) is 11.7 Å². The van der Waals surface area contributed by atoms with Gasteiger partial charge in [-0.25, -0.2) is 0 Å². The molecule has 0 rings (SSSR count). The summed E-state index contributed by atoms with van der Waals surface area (Å²) in [4.78, 5) is 10.2. The zero-order chi connectivity index (χ0) is 7.44. The Balaban J connectivity index is 0. The van der Waals surface area contributed by atoms with Crippen LogP contribution in [0.5, 0.6) is 0 Å². The van der Waals surface area contributed by atoms with Gasteiger partial charge in [0.05, 0.1) is 0 Å². The van der Waals surface area contributed by atoms with Crippen molar-refractivity contribution < 1.29 is 9.90 Å². The first-order valence-corrected chi connectivity index (χ1v) is 3.08. The standard InChI is InChI=1S/C6H13NO2.K.H/c1-3-4(2)5(7)6(8)9;;/h4-5H,3,7H2,1-2H3,(H,8,9);;/t4-,5-;;/m0../s1. The van der Waals surface area contributed by atoms with E-state index >= 15 is 0 Å². The molecular formula is C6H14KNO2. The van der Waals surface area contributed by atoms with E-state index in [0.717, 1.165) is 6.42 Å². The average Bonchev–Trinajstić information content (AvgIpc) is 1.84. The summed E-state index contributed by atoms with van der Waals surface area (Å²) in [6.45, 7) is 3.76. The Morgan fingerprint density at radius 3 is 2.20 bits per heavy atom. The maximum atomic E-state index is 10.2. The van der Waals surface area contributed by atoms with Crippen molar-refractivity contribution in [1.82, 2.24) is 0 Å². The molecule has 0 saturated carbocycles. The normalized spacial score (nSPS) is 15.1. The molecule has 0 aromatic carbocycles. The molecule has 0 heterocycles. The summed E-state index contributed by atoms with van der Waals surface area (Å²) in [5.41, 5.74) is 5.27. The molecule has 0 radical (unpaired) electrons. The third kappa shape index (κ3) is 4.82. The van der Waals surface area contributed by atoms with Gasteiger partial charge in [-0.1, -0.05) is 20.3 Å². The second-order valence-corrected chi connectivity index (χ2v) is 2.25. The SMILES string of the molecule is CC[C@H](C)[C@H](N)C(=O)O.[KH].